The SMILES string of the molecule is COc1ccccc1P(c1ccccc1OC)c1ccccc1OC.COc1ccccc1P(c1ccccc1OC)c1ccccc1OC. The quantitative estimate of drug-likeness (QED) is 0.129. The molecule has 0 N–H and O–H groups in total. The average Bonchev–Trinajstić information content (AvgIpc) is 3.19. The molecule has 0 radical (unpaired) electrons. The van der Waals surface area contributed by atoms with Crippen molar-refractivity contribution in [1.29, 1.82) is 0 Å². The zero-order chi connectivity index (χ0) is 35.3. The fourth-order valence-electron chi connectivity index (χ4n) is 5.67. The van der Waals surface area contributed by atoms with Crippen molar-refractivity contribution >= 4 is 47.7 Å². The molecule has 0 fully saturated rings. The van der Waals surface area contributed by atoms with Crippen LogP contribution in [0.1, 0.15) is 0 Å². The van der Waals surface area contributed by atoms with Gasteiger partial charge in [-0.2, -0.15) is 0 Å². The van der Waals surface area contributed by atoms with Gasteiger partial charge in [0.25, 0.3) is 0 Å². The topological polar surface area (TPSA) is 55.4 Å². The first kappa shape index (κ1) is 36.3. The Balaban J connectivity index is 0.000000194. The summed E-state index contributed by atoms with van der Waals surface area (Å²) in [6.07, 6.45) is 0. The van der Waals surface area contributed by atoms with Gasteiger partial charge < -0.3 is 28.4 Å². The minimum absolute atomic E-state index is 0.866. The third-order valence-corrected chi connectivity index (χ3v) is 13.1. The Kier molecular flexibility index (Phi) is 13.1. The highest BCUT2D eigenvalue weighted by molar-refractivity contribution is 7.80. The number of para-hydroxylation sites is 6. The third kappa shape index (κ3) is 8.05. The molecule has 256 valence electrons. The molecule has 6 aromatic rings. The smallest absolute Gasteiger partial charge is 0.127 e. The van der Waals surface area contributed by atoms with E-state index in [1.807, 2.05) is 109 Å². The van der Waals surface area contributed by atoms with Crippen LogP contribution in [0.2, 0.25) is 0 Å². The molecule has 0 aliphatic rings. The average molecular weight is 705 g/mol. The lowest BCUT2D eigenvalue weighted by Crippen LogP contribution is -2.24. The maximum atomic E-state index is 5.65. The highest BCUT2D eigenvalue weighted by Gasteiger charge is 2.27. The first-order chi connectivity index (χ1) is 24.6. The summed E-state index contributed by atoms with van der Waals surface area (Å²) in [5.74, 6) is 5.20. The van der Waals surface area contributed by atoms with Crippen LogP contribution in [-0.2, 0) is 0 Å². The minimum atomic E-state index is -0.901. The van der Waals surface area contributed by atoms with Crippen LogP contribution in [-0.4, -0.2) is 42.7 Å². The molecule has 6 nitrogen and oxygen atoms in total. The second kappa shape index (κ2) is 18.1. The first-order valence-electron chi connectivity index (χ1n) is 16.0. The Morgan fingerprint density at radius 2 is 0.380 bits per heavy atom. The molecule has 0 saturated carbocycles. The molecule has 50 heavy (non-hydrogen) atoms. The summed E-state index contributed by atoms with van der Waals surface area (Å²) in [6, 6.07) is 48.8. The van der Waals surface area contributed by atoms with E-state index in [0.29, 0.717) is 0 Å². The molecule has 6 rings (SSSR count). The standard InChI is InChI=1S/2C21H21O3P/c2*1-22-16-10-4-7-13-19(16)25(20-14-8-5-11-17(20)23-2)21-15-9-6-12-18(21)24-3/h2*4-15H,1-3H3. The maximum absolute atomic E-state index is 5.65. The second-order valence-corrected chi connectivity index (χ2v) is 14.9. The zero-order valence-corrected chi connectivity index (χ0v) is 31.0. The molecular weight excluding hydrogens is 662 g/mol. The van der Waals surface area contributed by atoms with Crippen LogP contribution in [0, 0.1) is 0 Å². The van der Waals surface area contributed by atoms with E-state index in [2.05, 4.69) is 36.4 Å². The van der Waals surface area contributed by atoms with Gasteiger partial charge in [-0.15, -0.1) is 0 Å². The number of methoxy groups -OCH3 is 6. The van der Waals surface area contributed by atoms with Gasteiger partial charge in [0, 0.05) is 31.8 Å². The summed E-state index contributed by atoms with van der Waals surface area (Å²) in [5.41, 5.74) is 0. The molecule has 0 saturated heterocycles. The monoisotopic (exact) mass is 704 g/mol. The normalized spacial score (nSPS) is 10.6. The van der Waals surface area contributed by atoms with Crippen molar-refractivity contribution in [3.63, 3.8) is 0 Å². The lowest BCUT2D eigenvalue weighted by molar-refractivity contribution is 0.416. The third-order valence-electron chi connectivity index (χ3n) is 7.96. The van der Waals surface area contributed by atoms with Crippen molar-refractivity contribution in [3.05, 3.63) is 146 Å². The van der Waals surface area contributed by atoms with E-state index in [0.717, 1.165) is 66.3 Å². The van der Waals surface area contributed by atoms with Crippen LogP contribution in [0.25, 0.3) is 0 Å². The molecule has 0 aliphatic carbocycles. The molecule has 0 bridgehead atoms. The number of hydrogen-bond acceptors (Lipinski definition) is 6. The summed E-state index contributed by atoms with van der Waals surface area (Å²) in [5, 5.41) is 6.80. The molecule has 0 atom stereocenters. The van der Waals surface area contributed by atoms with E-state index in [9.17, 15) is 0 Å². The van der Waals surface area contributed by atoms with Gasteiger partial charge in [-0.05, 0) is 52.2 Å². The fraction of sp³-hybridized carbons (Fsp3) is 0.143. The van der Waals surface area contributed by atoms with Crippen molar-refractivity contribution < 1.29 is 28.4 Å². The molecule has 0 amide bonds. The van der Waals surface area contributed by atoms with Crippen LogP contribution in [0.4, 0.5) is 0 Å². The molecule has 0 heterocycles. The maximum Gasteiger partial charge on any atom is 0.127 e. The number of ether oxygens (including phenoxy) is 6. The van der Waals surface area contributed by atoms with Gasteiger partial charge in [0.1, 0.15) is 34.5 Å². The highest BCUT2D eigenvalue weighted by atomic mass is 31.1. The Hall–Kier alpha value is -5.02. The molecule has 6 aromatic carbocycles. The van der Waals surface area contributed by atoms with Crippen molar-refractivity contribution in [3.8, 4) is 34.5 Å². The molecule has 0 aliphatic heterocycles. The van der Waals surface area contributed by atoms with Crippen LogP contribution in [0.5, 0.6) is 34.5 Å². The van der Waals surface area contributed by atoms with E-state index >= 15 is 0 Å². The molecular formula is C42H42O6P2. The fourth-order valence-corrected chi connectivity index (χ4v) is 11.0. The predicted octanol–water partition coefficient (Wildman–Crippen LogP) is 6.94. The van der Waals surface area contributed by atoms with E-state index in [1.165, 1.54) is 0 Å². The van der Waals surface area contributed by atoms with E-state index in [4.69, 9.17) is 28.4 Å². The molecule has 8 heteroatoms. The van der Waals surface area contributed by atoms with Crippen LogP contribution < -0.4 is 60.2 Å². The van der Waals surface area contributed by atoms with E-state index in [1.54, 1.807) is 42.7 Å². The number of benzene rings is 6. The summed E-state index contributed by atoms with van der Waals surface area (Å²) < 4.78 is 33.9. The number of rotatable bonds is 12. The van der Waals surface area contributed by atoms with Gasteiger partial charge in [-0.25, -0.2) is 0 Å². The molecule has 0 unspecified atom stereocenters. The highest BCUT2D eigenvalue weighted by Crippen LogP contribution is 2.43. The largest absolute Gasteiger partial charge is 0.496 e. The summed E-state index contributed by atoms with van der Waals surface area (Å²) in [7, 11) is 8.43. The summed E-state index contributed by atoms with van der Waals surface area (Å²) >= 11 is 0. The van der Waals surface area contributed by atoms with E-state index in [-0.39, 0.29) is 0 Å². The first-order valence-corrected chi connectivity index (χ1v) is 18.7. The Morgan fingerprint density at radius 1 is 0.240 bits per heavy atom. The van der Waals surface area contributed by atoms with Gasteiger partial charge >= 0.3 is 0 Å². The summed E-state index contributed by atoms with van der Waals surface area (Å²) in [6.45, 7) is 0. The van der Waals surface area contributed by atoms with Crippen molar-refractivity contribution in [1.82, 2.24) is 0 Å². The van der Waals surface area contributed by atoms with E-state index < -0.39 is 15.8 Å². The van der Waals surface area contributed by atoms with Gasteiger partial charge in [-0.3, -0.25) is 0 Å². The van der Waals surface area contributed by atoms with Gasteiger partial charge in [0.2, 0.25) is 0 Å². The van der Waals surface area contributed by atoms with Crippen LogP contribution >= 0.6 is 15.8 Å². The Labute approximate surface area is 298 Å². The van der Waals surface area contributed by atoms with Crippen LogP contribution in [0.3, 0.4) is 0 Å². The molecule has 0 aromatic heterocycles. The lowest BCUT2D eigenvalue weighted by atomic mass is 10.3. The lowest BCUT2D eigenvalue weighted by Gasteiger charge is -2.24. The Bertz CT molecular complexity index is 1610. The van der Waals surface area contributed by atoms with Gasteiger partial charge in [0.15, 0.2) is 0 Å². The van der Waals surface area contributed by atoms with Gasteiger partial charge in [-0.1, -0.05) is 109 Å². The van der Waals surface area contributed by atoms with Crippen molar-refractivity contribution in [2.24, 2.45) is 0 Å². The predicted molar refractivity (Wildman–Crippen MR) is 210 cm³/mol. The van der Waals surface area contributed by atoms with Crippen LogP contribution in [0.15, 0.2) is 146 Å². The summed E-state index contributed by atoms with van der Waals surface area (Å²) in [4.78, 5) is 0. The van der Waals surface area contributed by atoms with Gasteiger partial charge in [0.05, 0.1) is 42.7 Å². The zero-order valence-electron chi connectivity index (χ0n) is 29.2. The van der Waals surface area contributed by atoms with Crippen molar-refractivity contribution in [2.45, 2.75) is 0 Å². The molecule has 0 spiro atoms. The number of hydrogen-bond donors (Lipinski definition) is 0. The minimum Gasteiger partial charge on any atom is -0.496 e. The van der Waals surface area contributed by atoms with Crippen molar-refractivity contribution in [2.75, 3.05) is 42.7 Å². The second-order valence-electron chi connectivity index (χ2n) is 10.7. The Morgan fingerprint density at radius 3 is 0.520 bits per heavy atom.